The predicted molar refractivity (Wildman–Crippen MR) is 47.8 cm³/mol. The van der Waals surface area contributed by atoms with E-state index in [1.54, 1.807) is 6.08 Å². The van der Waals surface area contributed by atoms with Gasteiger partial charge in [-0.25, -0.2) is 4.79 Å². The first-order valence-electron chi connectivity index (χ1n) is 4.70. The van der Waals surface area contributed by atoms with Gasteiger partial charge in [-0.1, -0.05) is 19.4 Å². The summed E-state index contributed by atoms with van der Waals surface area (Å²) < 4.78 is 5.21. The number of esters is 1. The van der Waals surface area contributed by atoms with Gasteiger partial charge < -0.3 is 4.74 Å². The lowest BCUT2D eigenvalue weighted by Crippen LogP contribution is -2.17. The Kier molecular flexibility index (Phi) is 3.85. The van der Waals surface area contributed by atoms with Crippen molar-refractivity contribution in [3.8, 4) is 0 Å². The van der Waals surface area contributed by atoms with E-state index >= 15 is 0 Å². The van der Waals surface area contributed by atoms with Gasteiger partial charge in [-0.3, -0.25) is 0 Å². The standard InChI is InChI=1S/C10H16O2/c1-2-6-9-7-4-3-5-8-10(11)12-9/h5,8-9H,2-4,6-7H2,1H3. The highest BCUT2D eigenvalue weighted by Gasteiger charge is 2.12. The average Bonchev–Trinajstić information content (AvgIpc) is 2.00. The van der Waals surface area contributed by atoms with Gasteiger partial charge in [0.15, 0.2) is 0 Å². The molecule has 1 aliphatic heterocycles. The first-order valence-corrected chi connectivity index (χ1v) is 4.70. The van der Waals surface area contributed by atoms with Gasteiger partial charge in [0.2, 0.25) is 0 Å². The van der Waals surface area contributed by atoms with Gasteiger partial charge >= 0.3 is 5.97 Å². The summed E-state index contributed by atoms with van der Waals surface area (Å²) in [5.74, 6) is -0.173. The Balaban J connectivity index is 2.43. The van der Waals surface area contributed by atoms with Crippen molar-refractivity contribution in [1.82, 2.24) is 0 Å². The van der Waals surface area contributed by atoms with Crippen LogP contribution in [0, 0.1) is 0 Å². The molecule has 0 fully saturated rings. The number of ether oxygens (including phenoxy) is 1. The molecule has 1 atom stereocenters. The second-order valence-electron chi connectivity index (χ2n) is 3.18. The largest absolute Gasteiger partial charge is 0.459 e. The van der Waals surface area contributed by atoms with Crippen LogP contribution < -0.4 is 0 Å². The summed E-state index contributed by atoms with van der Waals surface area (Å²) >= 11 is 0. The molecule has 2 nitrogen and oxygen atoms in total. The summed E-state index contributed by atoms with van der Waals surface area (Å²) in [7, 11) is 0. The number of carbonyl (C=O) groups is 1. The molecule has 0 aromatic carbocycles. The molecule has 1 unspecified atom stereocenters. The zero-order valence-corrected chi connectivity index (χ0v) is 7.58. The zero-order valence-electron chi connectivity index (χ0n) is 7.58. The fourth-order valence-electron chi connectivity index (χ4n) is 1.43. The van der Waals surface area contributed by atoms with Crippen LogP contribution in [0.1, 0.15) is 39.0 Å². The fourth-order valence-corrected chi connectivity index (χ4v) is 1.43. The lowest BCUT2D eigenvalue weighted by atomic mass is 10.1. The van der Waals surface area contributed by atoms with Gasteiger partial charge in [-0.15, -0.1) is 0 Å². The molecular formula is C10H16O2. The topological polar surface area (TPSA) is 26.3 Å². The molecule has 0 saturated heterocycles. The van der Waals surface area contributed by atoms with Crippen LogP contribution in [0.15, 0.2) is 12.2 Å². The monoisotopic (exact) mass is 168 g/mol. The van der Waals surface area contributed by atoms with Crippen LogP contribution in [0.25, 0.3) is 0 Å². The third-order valence-corrected chi connectivity index (χ3v) is 2.04. The molecule has 1 aliphatic rings. The van der Waals surface area contributed by atoms with Crippen molar-refractivity contribution in [2.75, 3.05) is 0 Å². The Morgan fingerprint density at radius 1 is 1.67 bits per heavy atom. The second kappa shape index (κ2) is 4.96. The minimum atomic E-state index is -0.173. The number of hydrogen-bond donors (Lipinski definition) is 0. The summed E-state index contributed by atoms with van der Waals surface area (Å²) in [6, 6.07) is 0. The first kappa shape index (κ1) is 9.30. The summed E-state index contributed by atoms with van der Waals surface area (Å²) in [4.78, 5) is 11.0. The lowest BCUT2D eigenvalue weighted by Gasteiger charge is -2.17. The summed E-state index contributed by atoms with van der Waals surface area (Å²) in [6.07, 6.45) is 8.84. The molecule has 12 heavy (non-hydrogen) atoms. The molecule has 0 saturated carbocycles. The third-order valence-electron chi connectivity index (χ3n) is 2.04. The maximum atomic E-state index is 11.0. The van der Waals surface area contributed by atoms with Crippen LogP contribution in [0.4, 0.5) is 0 Å². The Bertz CT molecular complexity index is 173. The molecule has 0 amide bonds. The molecular weight excluding hydrogens is 152 g/mol. The van der Waals surface area contributed by atoms with Crippen LogP contribution in [0.2, 0.25) is 0 Å². The number of cyclic esters (lactones) is 1. The van der Waals surface area contributed by atoms with Crippen molar-refractivity contribution >= 4 is 5.97 Å². The molecule has 2 heteroatoms. The van der Waals surface area contributed by atoms with E-state index in [4.69, 9.17) is 4.74 Å². The summed E-state index contributed by atoms with van der Waals surface area (Å²) in [6.45, 7) is 2.11. The van der Waals surface area contributed by atoms with Crippen molar-refractivity contribution in [1.29, 1.82) is 0 Å². The van der Waals surface area contributed by atoms with Crippen molar-refractivity contribution in [3.63, 3.8) is 0 Å². The number of allylic oxidation sites excluding steroid dienone is 1. The van der Waals surface area contributed by atoms with Crippen LogP contribution >= 0.6 is 0 Å². The maximum Gasteiger partial charge on any atom is 0.330 e. The van der Waals surface area contributed by atoms with E-state index in [1.807, 2.05) is 6.08 Å². The molecule has 68 valence electrons. The number of hydrogen-bond acceptors (Lipinski definition) is 2. The Morgan fingerprint density at radius 3 is 3.25 bits per heavy atom. The Morgan fingerprint density at radius 2 is 2.50 bits per heavy atom. The van der Waals surface area contributed by atoms with Crippen LogP contribution in [0.5, 0.6) is 0 Å². The minimum absolute atomic E-state index is 0.160. The van der Waals surface area contributed by atoms with E-state index in [0.717, 1.165) is 32.1 Å². The molecule has 0 aromatic rings. The number of rotatable bonds is 2. The fraction of sp³-hybridized carbons (Fsp3) is 0.700. The van der Waals surface area contributed by atoms with E-state index in [0.29, 0.717) is 0 Å². The highest BCUT2D eigenvalue weighted by Crippen LogP contribution is 2.14. The van der Waals surface area contributed by atoms with E-state index < -0.39 is 0 Å². The predicted octanol–water partition coefficient (Wildman–Crippen LogP) is 2.44. The molecule has 1 rings (SSSR count). The van der Waals surface area contributed by atoms with E-state index in [2.05, 4.69) is 6.92 Å². The molecule has 1 heterocycles. The van der Waals surface area contributed by atoms with Crippen LogP contribution in [0.3, 0.4) is 0 Å². The molecule has 0 aliphatic carbocycles. The zero-order chi connectivity index (χ0) is 8.81. The Labute approximate surface area is 73.6 Å². The van der Waals surface area contributed by atoms with Gasteiger partial charge in [0.05, 0.1) is 0 Å². The first-order chi connectivity index (χ1) is 5.83. The average molecular weight is 168 g/mol. The van der Waals surface area contributed by atoms with Gasteiger partial charge in [-0.05, 0) is 25.7 Å². The minimum Gasteiger partial charge on any atom is -0.459 e. The highest BCUT2D eigenvalue weighted by molar-refractivity contribution is 5.82. The number of carbonyl (C=O) groups excluding carboxylic acids is 1. The molecule has 0 aromatic heterocycles. The normalized spacial score (nSPS) is 24.4. The Hall–Kier alpha value is -0.790. The third kappa shape index (κ3) is 3.07. The van der Waals surface area contributed by atoms with Crippen molar-refractivity contribution in [2.24, 2.45) is 0 Å². The van der Waals surface area contributed by atoms with Gasteiger partial charge in [0, 0.05) is 6.08 Å². The van der Waals surface area contributed by atoms with Crippen LogP contribution in [-0.2, 0) is 9.53 Å². The molecule has 0 bridgehead atoms. The molecule has 0 radical (unpaired) electrons. The van der Waals surface area contributed by atoms with E-state index in [1.165, 1.54) is 0 Å². The van der Waals surface area contributed by atoms with Gasteiger partial charge in [-0.2, -0.15) is 0 Å². The van der Waals surface area contributed by atoms with E-state index in [-0.39, 0.29) is 12.1 Å². The lowest BCUT2D eigenvalue weighted by molar-refractivity contribution is -0.143. The maximum absolute atomic E-state index is 11.0. The smallest absolute Gasteiger partial charge is 0.330 e. The van der Waals surface area contributed by atoms with Gasteiger partial charge in [0.25, 0.3) is 0 Å². The quantitative estimate of drug-likeness (QED) is 0.592. The SMILES string of the molecule is CCCC1CCCC=CC(=O)O1. The van der Waals surface area contributed by atoms with Crippen molar-refractivity contribution in [3.05, 3.63) is 12.2 Å². The molecule has 0 spiro atoms. The second-order valence-corrected chi connectivity index (χ2v) is 3.18. The van der Waals surface area contributed by atoms with Gasteiger partial charge in [0.1, 0.15) is 6.10 Å². The summed E-state index contributed by atoms with van der Waals surface area (Å²) in [5, 5.41) is 0. The van der Waals surface area contributed by atoms with Crippen molar-refractivity contribution in [2.45, 2.75) is 45.1 Å². The van der Waals surface area contributed by atoms with E-state index in [9.17, 15) is 4.79 Å². The highest BCUT2D eigenvalue weighted by atomic mass is 16.5. The molecule has 0 N–H and O–H groups in total. The van der Waals surface area contributed by atoms with Crippen molar-refractivity contribution < 1.29 is 9.53 Å². The summed E-state index contributed by atoms with van der Waals surface area (Å²) in [5.41, 5.74) is 0. The van der Waals surface area contributed by atoms with Crippen LogP contribution in [-0.4, -0.2) is 12.1 Å².